The monoisotopic (exact) mass is 227 g/mol. The van der Waals surface area contributed by atoms with Crippen LogP contribution < -0.4 is 0 Å². The summed E-state index contributed by atoms with van der Waals surface area (Å²) in [5.41, 5.74) is 6.22. The van der Waals surface area contributed by atoms with Crippen LogP contribution in [0.4, 0.5) is 0 Å². The van der Waals surface area contributed by atoms with Crippen LogP contribution in [0.2, 0.25) is 0 Å². The number of allylic oxidation sites excluding steroid dienone is 7. The van der Waals surface area contributed by atoms with Crippen molar-refractivity contribution in [1.82, 2.24) is 4.90 Å². The summed E-state index contributed by atoms with van der Waals surface area (Å²) in [6, 6.07) is 0. The van der Waals surface area contributed by atoms with E-state index in [1.165, 1.54) is 48.2 Å². The molecule has 0 N–H and O–H groups in total. The Bertz CT molecular complexity index is 472. The lowest BCUT2D eigenvalue weighted by Gasteiger charge is -2.46. The van der Waals surface area contributed by atoms with Gasteiger partial charge in [-0.25, -0.2) is 0 Å². The maximum Gasteiger partial charge on any atom is 0.0403 e. The molecule has 90 valence electrons. The van der Waals surface area contributed by atoms with Gasteiger partial charge >= 0.3 is 0 Å². The number of hydrogen-bond donors (Lipinski definition) is 0. The van der Waals surface area contributed by atoms with Gasteiger partial charge in [0.25, 0.3) is 0 Å². The van der Waals surface area contributed by atoms with Crippen molar-refractivity contribution in [2.75, 3.05) is 7.05 Å². The molecule has 1 heterocycles. The van der Waals surface area contributed by atoms with E-state index in [2.05, 4.69) is 50.1 Å². The second kappa shape index (κ2) is 3.63. The van der Waals surface area contributed by atoms with Crippen molar-refractivity contribution in [3.05, 3.63) is 46.8 Å². The summed E-state index contributed by atoms with van der Waals surface area (Å²) < 4.78 is 0. The molecule has 0 radical (unpaired) electrons. The zero-order chi connectivity index (χ0) is 12.0. The maximum absolute atomic E-state index is 2.44. The standard InChI is InChI=1S/C16H21N/c1-16(2)12-8-4-6-10-14(12)17(3)15-11-7-5-9-13(15)16/h4,8-9,11H,5-7,10H2,1-3H3. The van der Waals surface area contributed by atoms with Crippen molar-refractivity contribution in [3.63, 3.8) is 0 Å². The molecule has 1 nitrogen and oxygen atoms in total. The van der Waals surface area contributed by atoms with Crippen LogP contribution in [0, 0.1) is 5.41 Å². The normalized spacial score (nSPS) is 26.2. The third-order valence-corrected chi connectivity index (χ3v) is 4.38. The van der Waals surface area contributed by atoms with Crippen LogP contribution in [-0.2, 0) is 0 Å². The van der Waals surface area contributed by atoms with Crippen LogP contribution in [0.25, 0.3) is 0 Å². The Morgan fingerprint density at radius 1 is 1.12 bits per heavy atom. The third kappa shape index (κ3) is 1.45. The number of fused-ring (bicyclic) bond motifs is 1. The lowest BCUT2D eigenvalue weighted by Crippen LogP contribution is -2.36. The average molecular weight is 227 g/mol. The number of hydrogen-bond acceptors (Lipinski definition) is 1. The third-order valence-electron chi connectivity index (χ3n) is 4.38. The Hall–Kier alpha value is -1.24. The zero-order valence-electron chi connectivity index (χ0n) is 11.1. The topological polar surface area (TPSA) is 3.24 Å². The van der Waals surface area contributed by atoms with Gasteiger partial charge in [0, 0.05) is 23.9 Å². The summed E-state index contributed by atoms with van der Waals surface area (Å²) in [6.07, 6.45) is 14.3. The first-order chi connectivity index (χ1) is 8.12. The first-order valence-electron chi connectivity index (χ1n) is 6.67. The Labute approximate surface area is 104 Å². The van der Waals surface area contributed by atoms with Crippen molar-refractivity contribution < 1.29 is 0 Å². The molecule has 0 saturated carbocycles. The van der Waals surface area contributed by atoms with Crippen molar-refractivity contribution in [1.29, 1.82) is 0 Å². The van der Waals surface area contributed by atoms with Gasteiger partial charge in [-0.05, 0) is 36.8 Å². The van der Waals surface area contributed by atoms with E-state index in [-0.39, 0.29) is 5.41 Å². The lowest BCUT2D eigenvalue weighted by atomic mass is 9.69. The minimum absolute atomic E-state index is 0.186. The molecule has 0 spiro atoms. The largest absolute Gasteiger partial charge is 0.348 e. The van der Waals surface area contributed by atoms with E-state index in [4.69, 9.17) is 0 Å². The molecule has 0 fully saturated rings. The first-order valence-corrected chi connectivity index (χ1v) is 6.67. The summed E-state index contributed by atoms with van der Waals surface area (Å²) in [4.78, 5) is 2.43. The van der Waals surface area contributed by atoms with Gasteiger partial charge in [-0.2, -0.15) is 0 Å². The maximum atomic E-state index is 2.44. The minimum Gasteiger partial charge on any atom is -0.348 e. The van der Waals surface area contributed by atoms with Crippen LogP contribution >= 0.6 is 0 Å². The van der Waals surface area contributed by atoms with Gasteiger partial charge in [0.1, 0.15) is 0 Å². The Kier molecular flexibility index (Phi) is 2.32. The Morgan fingerprint density at radius 3 is 2.71 bits per heavy atom. The molecule has 0 aromatic carbocycles. The highest BCUT2D eigenvalue weighted by Gasteiger charge is 2.38. The molecule has 3 aliphatic rings. The SMILES string of the molecule is CN1C2=CCCC=C2C(C)(C)C2=C1CCC=C2. The second-order valence-electron chi connectivity index (χ2n) is 5.77. The van der Waals surface area contributed by atoms with E-state index >= 15 is 0 Å². The van der Waals surface area contributed by atoms with Crippen molar-refractivity contribution in [3.8, 4) is 0 Å². The molecule has 17 heavy (non-hydrogen) atoms. The summed E-state index contributed by atoms with van der Waals surface area (Å²) in [5.74, 6) is 0. The van der Waals surface area contributed by atoms with Crippen LogP contribution in [0.3, 0.4) is 0 Å². The number of likely N-dealkylation sites (N-methyl/N-ethyl adjacent to an activating group) is 1. The molecule has 2 aliphatic carbocycles. The first kappa shape index (κ1) is 10.9. The fourth-order valence-electron chi connectivity index (χ4n) is 3.42. The summed E-state index contributed by atoms with van der Waals surface area (Å²) in [6.45, 7) is 4.74. The van der Waals surface area contributed by atoms with Gasteiger partial charge in [-0.3, -0.25) is 0 Å². The molecule has 0 amide bonds. The van der Waals surface area contributed by atoms with Crippen molar-refractivity contribution >= 4 is 0 Å². The van der Waals surface area contributed by atoms with Crippen LogP contribution in [-0.4, -0.2) is 11.9 Å². The lowest BCUT2D eigenvalue weighted by molar-refractivity contribution is 0.390. The van der Waals surface area contributed by atoms with Gasteiger partial charge in [0.15, 0.2) is 0 Å². The predicted molar refractivity (Wildman–Crippen MR) is 72.3 cm³/mol. The predicted octanol–water partition coefficient (Wildman–Crippen LogP) is 4.17. The van der Waals surface area contributed by atoms with E-state index in [1.54, 1.807) is 0 Å². The molecule has 3 rings (SSSR count). The van der Waals surface area contributed by atoms with E-state index in [0.717, 1.165) is 0 Å². The molecule has 0 aromatic heterocycles. The van der Waals surface area contributed by atoms with Gasteiger partial charge < -0.3 is 4.90 Å². The molecule has 1 heteroatoms. The van der Waals surface area contributed by atoms with Crippen LogP contribution in [0.15, 0.2) is 46.8 Å². The molecule has 1 aliphatic heterocycles. The van der Waals surface area contributed by atoms with Crippen LogP contribution in [0.1, 0.15) is 39.5 Å². The highest BCUT2D eigenvalue weighted by molar-refractivity contribution is 5.53. The molecule has 0 atom stereocenters. The van der Waals surface area contributed by atoms with E-state index < -0.39 is 0 Å². The molecular weight excluding hydrogens is 206 g/mol. The summed E-state index contributed by atoms with van der Waals surface area (Å²) in [5, 5.41) is 0. The summed E-state index contributed by atoms with van der Waals surface area (Å²) in [7, 11) is 2.23. The number of nitrogens with zero attached hydrogens (tertiary/aromatic N) is 1. The van der Waals surface area contributed by atoms with Gasteiger partial charge in [0.05, 0.1) is 0 Å². The smallest absolute Gasteiger partial charge is 0.0403 e. The van der Waals surface area contributed by atoms with Crippen molar-refractivity contribution in [2.24, 2.45) is 5.41 Å². The highest BCUT2D eigenvalue weighted by atomic mass is 15.1. The summed E-state index contributed by atoms with van der Waals surface area (Å²) >= 11 is 0. The molecule has 0 saturated heterocycles. The van der Waals surface area contributed by atoms with Crippen molar-refractivity contribution in [2.45, 2.75) is 39.5 Å². The highest BCUT2D eigenvalue weighted by Crippen LogP contribution is 2.50. The van der Waals surface area contributed by atoms with Gasteiger partial charge in [0.2, 0.25) is 0 Å². The van der Waals surface area contributed by atoms with Crippen LogP contribution in [0.5, 0.6) is 0 Å². The molecule has 0 aromatic rings. The quantitative estimate of drug-likeness (QED) is 0.600. The fourth-order valence-corrected chi connectivity index (χ4v) is 3.42. The molecule has 0 bridgehead atoms. The van der Waals surface area contributed by atoms with E-state index in [1.807, 2.05) is 0 Å². The molecule has 0 unspecified atom stereocenters. The van der Waals surface area contributed by atoms with Gasteiger partial charge in [-0.15, -0.1) is 0 Å². The van der Waals surface area contributed by atoms with Gasteiger partial charge in [-0.1, -0.05) is 38.2 Å². The van der Waals surface area contributed by atoms with E-state index in [0.29, 0.717) is 0 Å². The zero-order valence-corrected chi connectivity index (χ0v) is 11.1. The molecular formula is C16H21N. The average Bonchev–Trinajstić information content (AvgIpc) is 2.37. The number of rotatable bonds is 0. The Balaban J connectivity index is 2.21. The Morgan fingerprint density at radius 2 is 1.88 bits per heavy atom. The minimum atomic E-state index is 0.186. The second-order valence-corrected chi connectivity index (χ2v) is 5.77. The van der Waals surface area contributed by atoms with E-state index in [9.17, 15) is 0 Å². The fraction of sp³-hybridized carbons (Fsp3) is 0.500.